The van der Waals surface area contributed by atoms with Gasteiger partial charge in [0.1, 0.15) is 17.2 Å². The number of hydrogen-bond donors (Lipinski definition) is 0. The molecule has 2 rings (SSSR count). The molecule has 0 unspecified atom stereocenters. The first kappa shape index (κ1) is 18.1. The van der Waals surface area contributed by atoms with Crippen LogP contribution in [0.4, 0.5) is 4.79 Å². The van der Waals surface area contributed by atoms with Crippen molar-refractivity contribution in [3.63, 3.8) is 0 Å². The minimum Gasteiger partial charge on any atom is -0.458 e. The van der Waals surface area contributed by atoms with E-state index in [2.05, 4.69) is 0 Å². The lowest BCUT2D eigenvalue weighted by atomic mass is 9.85. The third-order valence-electron chi connectivity index (χ3n) is 4.37. The van der Waals surface area contributed by atoms with Gasteiger partial charge in [-0.1, -0.05) is 12.8 Å². The standard InChI is InChI=1S/C18H31NO4/c1-17(2,3)22-15(20)14-11-12-9-7-8-10-13(12)19(14)16(21)23-18(4,5)6/h12-14H,7-11H2,1-6H3/t12-,13+,14+/m1/s1. The molecule has 0 aromatic rings. The molecule has 0 aromatic heterocycles. The van der Waals surface area contributed by atoms with Gasteiger partial charge < -0.3 is 9.47 Å². The first-order valence-electron chi connectivity index (χ1n) is 8.72. The summed E-state index contributed by atoms with van der Waals surface area (Å²) >= 11 is 0. The van der Waals surface area contributed by atoms with E-state index in [0.29, 0.717) is 12.3 Å². The summed E-state index contributed by atoms with van der Waals surface area (Å²) < 4.78 is 11.1. The molecule has 0 aromatic carbocycles. The molecule has 1 amide bonds. The molecule has 3 atom stereocenters. The molecule has 1 aliphatic carbocycles. The van der Waals surface area contributed by atoms with Crippen LogP contribution in [0.5, 0.6) is 0 Å². The minimum atomic E-state index is -0.567. The highest BCUT2D eigenvalue weighted by atomic mass is 16.6. The van der Waals surface area contributed by atoms with Crippen LogP contribution < -0.4 is 0 Å². The number of hydrogen-bond acceptors (Lipinski definition) is 4. The molecule has 1 saturated heterocycles. The van der Waals surface area contributed by atoms with Crippen LogP contribution in [-0.4, -0.2) is 40.2 Å². The Morgan fingerprint density at radius 3 is 2.04 bits per heavy atom. The van der Waals surface area contributed by atoms with Crippen molar-refractivity contribution in [1.82, 2.24) is 4.90 Å². The molecule has 5 nitrogen and oxygen atoms in total. The van der Waals surface area contributed by atoms with Gasteiger partial charge in [0.05, 0.1) is 0 Å². The summed E-state index contributed by atoms with van der Waals surface area (Å²) in [4.78, 5) is 27.0. The SMILES string of the molecule is CC(C)(C)OC(=O)[C@@H]1C[C@H]2CCCC[C@@H]2N1C(=O)OC(C)(C)C. The molecule has 0 bridgehead atoms. The van der Waals surface area contributed by atoms with Crippen LogP contribution in [0.15, 0.2) is 0 Å². The van der Waals surface area contributed by atoms with Gasteiger partial charge in [-0.25, -0.2) is 9.59 Å². The summed E-state index contributed by atoms with van der Waals surface area (Å²) in [5.41, 5.74) is -1.12. The van der Waals surface area contributed by atoms with Crippen LogP contribution in [0.2, 0.25) is 0 Å². The number of likely N-dealkylation sites (tertiary alicyclic amines) is 1. The third kappa shape index (κ3) is 4.61. The van der Waals surface area contributed by atoms with Crippen LogP contribution >= 0.6 is 0 Å². The molecule has 0 radical (unpaired) electrons. The van der Waals surface area contributed by atoms with Gasteiger partial charge in [0, 0.05) is 6.04 Å². The second-order valence-electron chi connectivity index (χ2n) is 8.78. The fourth-order valence-electron chi connectivity index (χ4n) is 3.62. The fourth-order valence-corrected chi connectivity index (χ4v) is 3.62. The third-order valence-corrected chi connectivity index (χ3v) is 4.37. The lowest BCUT2D eigenvalue weighted by Crippen LogP contribution is -2.49. The van der Waals surface area contributed by atoms with E-state index in [4.69, 9.17) is 9.47 Å². The summed E-state index contributed by atoms with van der Waals surface area (Å²) in [5, 5.41) is 0. The maximum atomic E-state index is 12.7. The highest BCUT2D eigenvalue weighted by molar-refractivity contribution is 5.83. The molecule has 1 heterocycles. The largest absolute Gasteiger partial charge is 0.458 e. The molecule has 132 valence electrons. The molecule has 2 aliphatic rings. The van der Waals surface area contributed by atoms with E-state index < -0.39 is 17.2 Å². The van der Waals surface area contributed by atoms with Gasteiger partial charge in [-0.3, -0.25) is 4.90 Å². The molecule has 23 heavy (non-hydrogen) atoms. The Kier molecular flexibility index (Phi) is 4.97. The Bertz CT molecular complexity index is 461. The molecular formula is C18H31NO4. The van der Waals surface area contributed by atoms with Crippen molar-refractivity contribution in [3.8, 4) is 0 Å². The van der Waals surface area contributed by atoms with Crippen LogP contribution in [0.25, 0.3) is 0 Å². The number of fused-ring (bicyclic) bond motifs is 1. The number of nitrogens with zero attached hydrogens (tertiary/aromatic N) is 1. The van der Waals surface area contributed by atoms with Gasteiger partial charge >= 0.3 is 12.1 Å². The second kappa shape index (κ2) is 6.33. The molecule has 0 spiro atoms. The summed E-state index contributed by atoms with van der Waals surface area (Å²) in [6, 6.07) is -0.409. The number of rotatable bonds is 1. The van der Waals surface area contributed by atoms with E-state index in [1.165, 1.54) is 6.42 Å². The smallest absolute Gasteiger partial charge is 0.411 e. The van der Waals surface area contributed by atoms with E-state index in [1.54, 1.807) is 4.90 Å². The van der Waals surface area contributed by atoms with Crippen molar-refractivity contribution in [1.29, 1.82) is 0 Å². The van der Waals surface area contributed by atoms with E-state index in [9.17, 15) is 9.59 Å². The highest BCUT2D eigenvalue weighted by Gasteiger charge is 2.50. The normalized spacial score (nSPS) is 28.3. The number of carbonyl (C=O) groups is 2. The maximum Gasteiger partial charge on any atom is 0.411 e. The Morgan fingerprint density at radius 1 is 0.913 bits per heavy atom. The summed E-state index contributed by atoms with van der Waals surface area (Å²) in [6.45, 7) is 11.1. The lowest BCUT2D eigenvalue weighted by molar-refractivity contribution is -0.160. The fraction of sp³-hybridized carbons (Fsp3) is 0.889. The van der Waals surface area contributed by atoms with Gasteiger partial charge in [0.2, 0.25) is 0 Å². The van der Waals surface area contributed by atoms with E-state index in [1.807, 2.05) is 41.5 Å². The average Bonchev–Trinajstić information content (AvgIpc) is 2.73. The van der Waals surface area contributed by atoms with Crippen LogP contribution in [0.3, 0.4) is 0 Å². The summed E-state index contributed by atoms with van der Waals surface area (Å²) in [6.07, 6.45) is 4.60. The summed E-state index contributed by atoms with van der Waals surface area (Å²) in [5.74, 6) is 0.0755. The predicted molar refractivity (Wildman–Crippen MR) is 88.1 cm³/mol. The Hall–Kier alpha value is -1.26. The quantitative estimate of drug-likeness (QED) is 0.686. The van der Waals surface area contributed by atoms with E-state index >= 15 is 0 Å². The zero-order valence-corrected chi connectivity index (χ0v) is 15.3. The van der Waals surface area contributed by atoms with E-state index in [-0.39, 0.29) is 18.1 Å². The Balaban J connectivity index is 2.20. The molecule has 1 saturated carbocycles. The van der Waals surface area contributed by atoms with Crippen molar-refractivity contribution in [2.75, 3.05) is 0 Å². The van der Waals surface area contributed by atoms with Crippen molar-refractivity contribution in [2.24, 2.45) is 5.92 Å². The van der Waals surface area contributed by atoms with Gasteiger partial charge in [-0.05, 0) is 66.7 Å². The van der Waals surface area contributed by atoms with E-state index in [0.717, 1.165) is 19.3 Å². The van der Waals surface area contributed by atoms with Crippen LogP contribution in [0.1, 0.15) is 73.6 Å². The van der Waals surface area contributed by atoms with Gasteiger partial charge in [0.25, 0.3) is 0 Å². The Morgan fingerprint density at radius 2 is 1.48 bits per heavy atom. The number of esters is 1. The summed E-state index contributed by atoms with van der Waals surface area (Å²) in [7, 11) is 0. The van der Waals surface area contributed by atoms with Crippen molar-refractivity contribution in [2.45, 2.75) is 96.9 Å². The Labute approximate surface area is 139 Å². The second-order valence-corrected chi connectivity index (χ2v) is 8.78. The number of carbonyl (C=O) groups excluding carboxylic acids is 2. The van der Waals surface area contributed by atoms with Gasteiger partial charge in [-0.15, -0.1) is 0 Å². The molecular weight excluding hydrogens is 294 g/mol. The number of amides is 1. The van der Waals surface area contributed by atoms with Gasteiger partial charge in [0.15, 0.2) is 0 Å². The number of ether oxygens (including phenoxy) is 2. The van der Waals surface area contributed by atoms with Gasteiger partial charge in [-0.2, -0.15) is 0 Å². The first-order chi connectivity index (χ1) is 10.5. The maximum absolute atomic E-state index is 12.7. The highest BCUT2D eigenvalue weighted by Crippen LogP contribution is 2.41. The van der Waals surface area contributed by atoms with Crippen LogP contribution in [-0.2, 0) is 14.3 Å². The minimum absolute atomic E-state index is 0.108. The topological polar surface area (TPSA) is 55.8 Å². The first-order valence-corrected chi connectivity index (χ1v) is 8.72. The van der Waals surface area contributed by atoms with Crippen LogP contribution in [0, 0.1) is 5.92 Å². The predicted octanol–water partition coefficient (Wildman–Crippen LogP) is 3.90. The molecule has 5 heteroatoms. The average molecular weight is 325 g/mol. The van der Waals surface area contributed by atoms with Crippen molar-refractivity contribution in [3.05, 3.63) is 0 Å². The monoisotopic (exact) mass is 325 g/mol. The zero-order valence-electron chi connectivity index (χ0n) is 15.3. The molecule has 0 N–H and O–H groups in total. The zero-order chi connectivity index (χ0) is 17.4. The molecule has 1 aliphatic heterocycles. The van der Waals surface area contributed by atoms with Crippen molar-refractivity contribution < 1.29 is 19.1 Å². The molecule has 2 fully saturated rings. The van der Waals surface area contributed by atoms with Crippen molar-refractivity contribution >= 4 is 12.1 Å². The lowest BCUT2D eigenvalue weighted by Gasteiger charge is -2.35.